The van der Waals surface area contributed by atoms with E-state index in [0.717, 1.165) is 23.4 Å². The molecule has 0 aliphatic carbocycles. The molecule has 2 amide bonds. The van der Waals surface area contributed by atoms with Crippen LogP contribution in [0.4, 0.5) is 11.4 Å². The Morgan fingerprint density at radius 2 is 1.84 bits per heavy atom. The first-order valence-corrected chi connectivity index (χ1v) is 8.52. The third kappa shape index (κ3) is 3.65. The lowest BCUT2D eigenvalue weighted by Crippen LogP contribution is -2.34. The van der Waals surface area contributed by atoms with Crippen molar-refractivity contribution in [3.05, 3.63) is 54.1 Å². The van der Waals surface area contributed by atoms with E-state index in [1.54, 1.807) is 24.3 Å². The molecule has 1 N–H and O–H groups in total. The molecule has 0 spiro atoms. The van der Waals surface area contributed by atoms with Crippen LogP contribution in [0.25, 0.3) is 0 Å². The predicted molar refractivity (Wildman–Crippen MR) is 97.9 cm³/mol. The molecule has 1 aliphatic heterocycles. The van der Waals surface area contributed by atoms with Crippen LogP contribution in [0.1, 0.15) is 25.3 Å². The number of carbonyl (C=O) groups is 2. The highest BCUT2D eigenvalue weighted by molar-refractivity contribution is 6.23. The summed E-state index contributed by atoms with van der Waals surface area (Å²) in [6, 6.07) is 14.3. The number of rotatable bonds is 6. The SMILES string of the molecule is CCCOc1ccc(N2C(=O)C[C@H](Nc3ccccc3C)C2=O)cc1. The van der Waals surface area contributed by atoms with E-state index < -0.39 is 6.04 Å². The Morgan fingerprint density at radius 1 is 1.12 bits per heavy atom. The summed E-state index contributed by atoms with van der Waals surface area (Å²) in [4.78, 5) is 26.3. The van der Waals surface area contributed by atoms with Crippen molar-refractivity contribution in [3.8, 4) is 5.75 Å². The molecular weight excluding hydrogens is 316 g/mol. The number of carbonyl (C=O) groups excluding carboxylic acids is 2. The highest BCUT2D eigenvalue weighted by Crippen LogP contribution is 2.27. The van der Waals surface area contributed by atoms with E-state index in [1.165, 1.54) is 4.90 Å². The summed E-state index contributed by atoms with van der Waals surface area (Å²) in [7, 11) is 0. The molecule has 5 heteroatoms. The van der Waals surface area contributed by atoms with Crippen LogP contribution in [0.3, 0.4) is 0 Å². The number of anilines is 2. The number of aryl methyl sites for hydroxylation is 1. The van der Waals surface area contributed by atoms with Gasteiger partial charge in [-0.2, -0.15) is 0 Å². The number of nitrogens with one attached hydrogen (secondary N) is 1. The van der Waals surface area contributed by atoms with Gasteiger partial charge >= 0.3 is 0 Å². The number of imide groups is 1. The van der Waals surface area contributed by atoms with Gasteiger partial charge in [-0.05, 0) is 49.2 Å². The average Bonchev–Trinajstić information content (AvgIpc) is 2.89. The maximum atomic E-state index is 12.7. The quantitative estimate of drug-likeness (QED) is 0.819. The van der Waals surface area contributed by atoms with Crippen molar-refractivity contribution in [1.82, 2.24) is 0 Å². The van der Waals surface area contributed by atoms with Crippen molar-refractivity contribution in [1.29, 1.82) is 0 Å². The zero-order chi connectivity index (χ0) is 17.8. The fourth-order valence-electron chi connectivity index (χ4n) is 2.85. The Balaban J connectivity index is 1.74. The van der Waals surface area contributed by atoms with Crippen LogP contribution in [-0.2, 0) is 9.59 Å². The van der Waals surface area contributed by atoms with E-state index >= 15 is 0 Å². The minimum absolute atomic E-state index is 0.154. The van der Waals surface area contributed by atoms with Crippen LogP contribution in [0.15, 0.2) is 48.5 Å². The van der Waals surface area contributed by atoms with E-state index in [9.17, 15) is 9.59 Å². The van der Waals surface area contributed by atoms with Crippen molar-refractivity contribution < 1.29 is 14.3 Å². The number of ether oxygens (including phenoxy) is 1. The molecular formula is C20H22N2O3. The van der Waals surface area contributed by atoms with Gasteiger partial charge in [0.15, 0.2) is 0 Å². The second kappa shape index (κ2) is 7.38. The molecule has 0 unspecified atom stereocenters. The molecule has 1 heterocycles. The van der Waals surface area contributed by atoms with Gasteiger partial charge in [0.25, 0.3) is 5.91 Å². The van der Waals surface area contributed by atoms with Crippen LogP contribution in [0.2, 0.25) is 0 Å². The molecule has 0 saturated carbocycles. The van der Waals surface area contributed by atoms with Gasteiger partial charge in [-0.1, -0.05) is 25.1 Å². The van der Waals surface area contributed by atoms with Gasteiger partial charge in [0, 0.05) is 5.69 Å². The normalized spacial score (nSPS) is 17.0. The van der Waals surface area contributed by atoms with Gasteiger partial charge < -0.3 is 10.1 Å². The summed E-state index contributed by atoms with van der Waals surface area (Å²) >= 11 is 0. The topological polar surface area (TPSA) is 58.6 Å². The van der Waals surface area contributed by atoms with Gasteiger partial charge in [0.2, 0.25) is 5.91 Å². The second-order valence-corrected chi connectivity index (χ2v) is 6.13. The lowest BCUT2D eigenvalue weighted by Gasteiger charge is -2.17. The number of benzene rings is 2. The Labute approximate surface area is 147 Å². The van der Waals surface area contributed by atoms with Crippen LogP contribution in [-0.4, -0.2) is 24.5 Å². The molecule has 2 aromatic carbocycles. The Kier molecular flexibility index (Phi) is 5.03. The Bertz CT molecular complexity index is 771. The van der Waals surface area contributed by atoms with Crippen molar-refractivity contribution in [2.24, 2.45) is 0 Å². The zero-order valence-electron chi connectivity index (χ0n) is 14.5. The molecule has 1 atom stereocenters. The summed E-state index contributed by atoms with van der Waals surface area (Å²) in [6.45, 7) is 4.65. The fourth-order valence-corrected chi connectivity index (χ4v) is 2.85. The van der Waals surface area contributed by atoms with E-state index in [1.807, 2.05) is 38.1 Å². The summed E-state index contributed by atoms with van der Waals surface area (Å²) < 4.78 is 5.54. The van der Waals surface area contributed by atoms with Crippen LogP contribution in [0.5, 0.6) is 5.75 Å². The largest absolute Gasteiger partial charge is 0.494 e. The van der Waals surface area contributed by atoms with Crippen molar-refractivity contribution in [2.45, 2.75) is 32.7 Å². The standard InChI is InChI=1S/C20H22N2O3/c1-3-12-25-16-10-8-15(9-11-16)22-19(23)13-18(20(22)24)21-17-7-5-4-6-14(17)2/h4-11,18,21H,3,12-13H2,1-2H3/t18-/m0/s1. The first-order chi connectivity index (χ1) is 12.1. The van der Waals surface area contributed by atoms with E-state index in [2.05, 4.69) is 5.32 Å². The lowest BCUT2D eigenvalue weighted by atomic mass is 10.1. The van der Waals surface area contributed by atoms with Gasteiger partial charge in [-0.3, -0.25) is 9.59 Å². The fraction of sp³-hybridized carbons (Fsp3) is 0.300. The second-order valence-electron chi connectivity index (χ2n) is 6.13. The minimum atomic E-state index is -0.537. The molecule has 25 heavy (non-hydrogen) atoms. The first kappa shape index (κ1) is 17.0. The number of amides is 2. The smallest absolute Gasteiger partial charge is 0.256 e. The zero-order valence-corrected chi connectivity index (χ0v) is 14.5. The maximum absolute atomic E-state index is 12.7. The molecule has 0 aromatic heterocycles. The molecule has 130 valence electrons. The van der Waals surface area contributed by atoms with Gasteiger partial charge in [0.1, 0.15) is 11.8 Å². The van der Waals surface area contributed by atoms with Crippen LogP contribution >= 0.6 is 0 Å². The number of hydrogen-bond acceptors (Lipinski definition) is 4. The Hall–Kier alpha value is -2.82. The number of nitrogens with zero attached hydrogens (tertiary/aromatic N) is 1. The Morgan fingerprint density at radius 3 is 2.52 bits per heavy atom. The van der Waals surface area contributed by atoms with Crippen molar-refractivity contribution in [2.75, 3.05) is 16.8 Å². The summed E-state index contributed by atoms with van der Waals surface area (Å²) in [5.74, 6) is 0.313. The summed E-state index contributed by atoms with van der Waals surface area (Å²) in [5.41, 5.74) is 2.49. The monoisotopic (exact) mass is 338 g/mol. The molecule has 1 saturated heterocycles. The molecule has 1 fully saturated rings. The van der Waals surface area contributed by atoms with Gasteiger partial charge in [-0.25, -0.2) is 4.90 Å². The maximum Gasteiger partial charge on any atom is 0.256 e. The van der Waals surface area contributed by atoms with E-state index in [4.69, 9.17) is 4.74 Å². The van der Waals surface area contributed by atoms with Gasteiger partial charge in [0.05, 0.1) is 18.7 Å². The molecule has 3 rings (SSSR count). The van der Waals surface area contributed by atoms with Crippen LogP contribution < -0.4 is 15.0 Å². The molecule has 5 nitrogen and oxygen atoms in total. The summed E-state index contributed by atoms with van der Waals surface area (Å²) in [5, 5.41) is 3.19. The lowest BCUT2D eigenvalue weighted by molar-refractivity contribution is -0.121. The predicted octanol–water partition coefficient (Wildman–Crippen LogP) is 3.53. The minimum Gasteiger partial charge on any atom is -0.494 e. The third-order valence-corrected chi connectivity index (χ3v) is 4.19. The average molecular weight is 338 g/mol. The van der Waals surface area contributed by atoms with E-state index in [-0.39, 0.29) is 18.2 Å². The highest BCUT2D eigenvalue weighted by atomic mass is 16.5. The highest BCUT2D eigenvalue weighted by Gasteiger charge is 2.39. The number of para-hydroxylation sites is 1. The molecule has 2 aromatic rings. The summed E-state index contributed by atoms with van der Waals surface area (Å²) in [6.07, 6.45) is 1.08. The molecule has 0 bridgehead atoms. The van der Waals surface area contributed by atoms with Crippen LogP contribution in [0, 0.1) is 6.92 Å². The number of hydrogen-bond donors (Lipinski definition) is 1. The molecule has 0 radical (unpaired) electrons. The molecule has 1 aliphatic rings. The van der Waals surface area contributed by atoms with Gasteiger partial charge in [-0.15, -0.1) is 0 Å². The van der Waals surface area contributed by atoms with Crippen molar-refractivity contribution in [3.63, 3.8) is 0 Å². The third-order valence-electron chi connectivity index (χ3n) is 4.19. The first-order valence-electron chi connectivity index (χ1n) is 8.52. The van der Waals surface area contributed by atoms with E-state index in [0.29, 0.717) is 12.3 Å². The van der Waals surface area contributed by atoms with Crippen molar-refractivity contribution >= 4 is 23.2 Å².